The van der Waals surface area contributed by atoms with Crippen LogP contribution in [0.15, 0.2) is 17.5 Å². The van der Waals surface area contributed by atoms with Crippen LogP contribution in [0.1, 0.15) is 83.6 Å². The van der Waals surface area contributed by atoms with Crippen LogP contribution in [0.3, 0.4) is 0 Å². The Kier molecular flexibility index (Phi) is 6.31. The van der Waals surface area contributed by atoms with Crippen molar-refractivity contribution in [2.45, 2.75) is 84.7 Å². The van der Waals surface area contributed by atoms with Gasteiger partial charge in [0.25, 0.3) is 0 Å². The van der Waals surface area contributed by atoms with Gasteiger partial charge in [0, 0.05) is 17.0 Å². The molecule has 21 heavy (non-hydrogen) atoms. The summed E-state index contributed by atoms with van der Waals surface area (Å²) in [5, 5.41) is 6.17. The fourth-order valence-electron chi connectivity index (χ4n) is 3.70. The van der Waals surface area contributed by atoms with Crippen LogP contribution < -0.4 is 5.32 Å². The molecule has 1 aromatic heterocycles. The lowest BCUT2D eigenvalue weighted by atomic mass is 9.69. The minimum atomic E-state index is 0.529. The van der Waals surface area contributed by atoms with Crippen LogP contribution >= 0.6 is 11.3 Å². The van der Waals surface area contributed by atoms with Gasteiger partial charge >= 0.3 is 0 Å². The third-order valence-corrected chi connectivity index (χ3v) is 6.63. The van der Waals surface area contributed by atoms with E-state index >= 15 is 0 Å². The first-order valence-electron chi connectivity index (χ1n) is 8.86. The molecule has 120 valence electrons. The van der Waals surface area contributed by atoms with E-state index in [1.54, 1.807) is 0 Å². The highest BCUT2D eigenvalue weighted by Crippen LogP contribution is 2.41. The molecule has 0 saturated heterocycles. The van der Waals surface area contributed by atoms with Gasteiger partial charge < -0.3 is 5.32 Å². The van der Waals surface area contributed by atoms with E-state index in [2.05, 4.69) is 50.5 Å². The van der Waals surface area contributed by atoms with Gasteiger partial charge in [-0.2, -0.15) is 0 Å². The zero-order chi connectivity index (χ0) is 15.3. The molecular weight excluding hydrogens is 274 g/mol. The Morgan fingerprint density at radius 3 is 2.48 bits per heavy atom. The standard InChI is InChI=1S/C19H33NS/c1-5-8-17(18-9-7-14-21-18)20-16-12-10-15(11-13-16)19(3,4)6-2/h7,9,14-17,20H,5-6,8,10-13H2,1-4H3. The van der Waals surface area contributed by atoms with Gasteiger partial charge in [-0.25, -0.2) is 0 Å². The molecule has 1 nitrogen and oxygen atoms in total. The van der Waals surface area contributed by atoms with Crippen LogP contribution in [0.5, 0.6) is 0 Å². The molecule has 0 radical (unpaired) electrons. The van der Waals surface area contributed by atoms with Gasteiger partial charge in [-0.05, 0) is 54.9 Å². The minimum absolute atomic E-state index is 0.529. The van der Waals surface area contributed by atoms with Crippen molar-refractivity contribution in [3.8, 4) is 0 Å². The summed E-state index contributed by atoms with van der Waals surface area (Å²) in [6.07, 6.45) is 9.36. The number of nitrogens with one attached hydrogen (secondary N) is 1. The fraction of sp³-hybridized carbons (Fsp3) is 0.789. The average Bonchev–Trinajstić information content (AvgIpc) is 3.01. The summed E-state index contributed by atoms with van der Waals surface area (Å²) in [5.74, 6) is 0.923. The van der Waals surface area contributed by atoms with Crippen LogP contribution in [0.25, 0.3) is 0 Å². The van der Waals surface area contributed by atoms with E-state index in [4.69, 9.17) is 0 Å². The lowest BCUT2D eigenvalue weighted by Gasteiger charge is -2.40. The predicted octanol–water partition coefficient (Wildman–Crippen LogP) is 6.17. The first-order chi connectivity index (χ1) is 10.1. The molecule has 0 bridgehead atoms. The zero-order valence-electron chi connectivity index (χ0n) is 14.3. The Bertz CT molecular complexity index is 388. The van der Waals surface area contributed by atoms with E-state index in [9.17, 15) is 0 Å². The van der Waals surface area contributed by atoms with Crippen molar-refractivity contribution < 1.29 is 0 Å². The minimum Gasteiger partial charge on any atom is -0.306 e. The quantitative estimate of drug-likeness (QED) is 0.634. The number of rotatable bonds is 7. The Morgan fingerprint density at radius 2 is 1.95 bits per heavy atom. The zero-order valence-corrected chi connectivity index (χ0v) is 15.1. The Balaban J connectivity index is 1.87. The molecule has 1 atom stereocenters. The normalized spacial score (nSPS) is 25.0. The first kappa shape index (κ1) is 17.0. The summed E-state index contributed by atoms with van der Waals surface area (Å²) in [6, 6.07) is 5.79. The highest BCUT2D eigenvalue weighted by atomic mass is 32.1. The molecule has 1 aliphatic carbocycles. The van der Waals surface area contributed by atoms with E-state index in [1.807, 2.05) is 11.3 Å². The molecule has 0 spiro atoms. The van der Waals surface area contributed by atoms with Crippen LogP contribution in [-0.4, -0.2) is 6.04 Å². The van der Waals surface area contributed by atoms with Crippen molar-refractivity contribution in [3.05, 3.63) is 22.4 Å². The summed E-state index contributed by atoms with van der Waals surface area (Å²) >= 11 is 1.91. The van der Waals surface area contributed by atoms with Gasteiger partial charge in [0.2, 0.25) is 0 Å². The van der Waals surface area contributed by atoms with Crippen molar-refractivity contribution in [2.75, 3.05) is 0 Å². The maximum absolute atomic E-state index is 3.96. The first-order valence-corrected chi connectivity index (χ1v) is 9.74. The molecule has 2 heteroatoms. The van der Waals surface area contributed by atoms with E-state index in [-0.39, 0.29) is 0 Å². The predicted molar refractivity (Wildman–Crippen MR) is 94.9 cm³/mol. The summed E-state index contributed by atoms with van der Waals surface area (Å²) in [6.45, 7) is 9.55. The molecule has 2 rings (SSSR count). The second-order valence-corrected chi connectivity index (χ2v) is 8.39. The van der Waals surface area contributed by atoms with Crippen LogP contribution in [0, 0.1) is 11.3 Å². The summed E-state index contributed by atoms with van der Waals surface area (Å²) in [7, 11) is 0. The van der Waals surface area contributed by atoms with E-state index in [1.165, 1.54) is 49.8 Å². The molecule has 0 amide bonds. The number of thiophene rings is 1. The highest BCUT2D eigenvalue weighted by Gasteiger charge is 2.32. The third-order valence-electron chi connectivity index (χ3n) is 5.64. The topological polar surface area (TPSA) is 12.0 Å². The highest BCUT2D eigenvalue weighted by molar-refractivity contribution is 7.10. The summed E-state index contributed by atoms with van der Waals surface area (Å²) < 4.78 is 0. The molecule has 0 aromatic carbocycles. The van der Waals surface area contributed by atoms with Gasteiger partial charge in [-0.15, -0.1) is 11.3 Å². The molecular formula is C19H33NS. The molecule has 1 aromatic rings. The van der Waals surface area contributed by atoms with E-state index in [0.29, 0.717) is 11.5 Å². The second kappa shape index (κ2) is 7.78. The van der Waals surface area contributed by atoms with Gasteiger partial charge in [-0.3, -0.25) is 0 Å². The van der Waals surface area contributed by atoms with Gasteiger partial charge in [0.1, 0.15) is 0 Å². The van der Waals surface area contributed by atoms with Crippen molar-refractivity contribution in [1.29, 1.82) is 0 Å². The fourth-order valence-corrected chi connectivity index (χ4v) is 4.52. The maximum atomic E-state index is 3.96. The summed E-state index contributed by atoms with van der Waals surface area (Å²) in [4.78, 5) is 1.52. The Labute approximate surface area is 135 Å². The van der Waals surface area contributed by atoms with Crippen molar-refractivity contribution >= 4 is 11.3 Å². The SMILES string of the molecule is CCCC(NC1CCC(C(C)(C)CC)CC1)c1cccs1. The van der Waals surface area contributed by atoms with Crippen molar-refractivity contribution in [2.24, 2.45) is 11.3 Å². The Morgan fingerprint density at radius 1 is 1.24 bits per heavy atom. The largest absolute Gasteiger partial charge is 0.306 e. The van der Waals surface area contributed by atoms with Crippen LogP contribution in [0.2, 0.25) is 0 Å². The van der Waals surface area contributed by atoms with Crippen molar-refractivity contribution in [1.82, 2.24) is 5.32 Å². The maximum Gasteiger partial charge on any atom is 0.0416 e. The van der Waals surface area contributed by atoms with Crippen LogP contribution in [0.4, 0.5) is 0 Å². The number of hydrogen-bond donors (Lipinski definition) is 1. The monoisotopic (exact) mass is 307 g/mol. The molecule has 1 N–H and O–H groups in total. The molecule has 1 saturated carbocycles. The van der Waals surface area contributed by atoms with E-state index in [0.717, 1.165) is 12.0 Å². The Hall–Kier alpha value is -0.340. The third kappa shape index (κ3) is 4.56. The molecule has 1 fully saturated rings. The summed E-state index contributed by atoms with van der Waals surface area (Å²) in [5.41, 5.74) is 0.529. The lowest BCUT2D eigenvalue weighted by molar-refractivity contribution is 0.133. The van der Waals surface area contributed by atoms with Crippen LogP contribution in [-0.2, 0) is 0 Å². The smallest absolute Gasteiger partial charge is 0.0416 e. The van der Waals surface area contributed by atoms with E-state index < -0.39 is 0 Å². The second-order valence-electron chi connectivity index (χ2n) is 7.41. The van der Waals surface area contributed by atoms with Gasteiger partial charge in [0.05, 0.1) is 0 Å². The van der Waals surface area contributed by atoms with Gasteiger partial charge in [-0.1, -0.05) is 46.6 Å². The molecule has 1 unspecified atom stereocenters. The van der Waals surface area contributed by atoms with Crippen molar-refractivity contribution in [3.63, 3.8) is 0 Å². The average molecular weight is 308 g/mol. The number of hydrogen-bond acceptors (Lipinski definition) is 2. The molecule has 0 aliphatic heterocycles. The lowest BCUT2D eigenvalue weighted by Crippen LogP contribution is -2.38. The molecule has 1 aliphatic rings. The molecule has 1 heterocycles. The van der Waals surface area contributed by atoms with Gasteiger partial charge in [0.15, 0.2) is 0 Å².